The molecule has 1 aromatic rings. The topological polar surface area (TPSA) is 57.5 Å². The van der Waals surface area contributed by atoms with Crippen LogP contribution in [0, 0.1) is 0 Å². The molecule has 0 heterocycles. The predicted octanol–water partition coefficient (Wildman–Crippen LogP) is 0.172. The third-order valence-corrected chi connectivity index (χ3v) is 1.13. The van der Waals surface area contributed by atoms with Gasteiger partial charge in [-0.1, -0.05) is 12.1 Å². The van der Waals surface area contributed by atoms with E-state index in [-0.39, 0.29) is 55.7 Å². The maximum atomic E-state index is 10.3. The molecule has 3 nitrogen and oxygen atoms in total. The van der Waals surface area contributed by atoms with Gasteiger partial charge in [0.25, 0.3) is 0 Å². The van der Waals surface area contributed by atoms with Crippen molar-refractivity contribution in [2.75, 3.05) is 0 Å². The molecule has 0 unspecified atom stereocenters. The van der Waals surface area contributed by atoms with Crippen molar-refractivity contribution < 1.29 is 32.1 Å². The molecular weight excluding hydrogens is 403 g/mol. The Bertz CT molecular complexity index is 265. The van der Waals surface area contributed by atoms with Crippen molar-refractivity contribution in [3.63, 3.8) is 0 Å². The van der Waals surface area contributed by atoms with Crippen LogP contribution < -0.4 is 0 Å². The van der Waals surface area contributed by atoms with Crippen LogP contribution in [0.15, 0.2) is 24.3 Å². The van der Waals surface area contributed by atoms with E-state index in [9.17, 15) is 4.79 Å². The summed E-state index contributed by atoms with van der Waals surface area (Å²) in [5.41, 5.74) is -0.0671. The Morgan fingerprint density at radius 2 is 1.75 bits per heavy atom. The third kappa shape index (κ3) is 3.55. The number of aromatic hydroxyl groups is 1. The average molecular weight is 411 g/mol. The molecule has 0 bridgehead atoms. The number of hydrogen-bond acceptors (Lipinski definition) is 2. The molecule has 5 heteroatoms. The fourth-order valence-electron chi connectivity index (χ4n) is 0.654. The molecule has 0 spiro atoms. The summed E-state index contributed by atoms with van der Waals surface area (Å²) in [5.74, 6) is -1.31. The van der Waals surface area contributed by atoms with E-state index >= 15 is 0 Å². The molecule has 69 valence electrons. The number of para-hydroxylation sites is 1. The molecule has 2 N–H and O–H groups in total. The van der Waals surface area contributed by atoms with Crippen molar-refractivity contribution in [1.29, 1.82) is 0 Å². The van der Waals surface area contributed by atoms with Crippen molar-refractivity contribution in [1.82, 2.24) is 0 Å². The summed E-state index contributed by atoms with van der Waals surface area (Å²) in [4.78, 5) is 10.3. The SMILES string of the molecule is O=C(O)c1ccccc1O.[Cu].[PbH2]. The molecule has 1 aromatic carbocycles. The molecular formula is C7H8CuO3Pb. The Morgan fingerprint density at radius 3 is 2.08 bits per heavy atom. The summed E-state index contributed by atoms with van der Waals surface area (Å²) in [6, 6.07) is 5.81. The second-order valence-electron chi connectivity index (χ2n) is 1.82. The fourth-order valence-corrected chi connectivity index (χ4v) is 0.654. The van der Waals surface area contributed by atoms with E-state index < -0.39 is 5.97 Å². The van der Waals surface area contributed by atoms with Crippen LogP contribution in [0.5, 0.6) is 5.75 Å². The summed E-state index contributed by atoms with van der Waals surface area (Å²) in [7, 11) is 0. The summed E-state index contributed by atoms with van der Waals surface area (Å²) in [5, 5.41) is 17.3. The van der Waals surface area contributed by atoms with Gasteiger partial charge in [0.15, 0.2) is 0 Å². The van der Waals surface area contributed by atoms with Gasteiger partial charge < -0.3 is 10.2 Å². The molecule has 0 saturated heterocycles. The molecule has 12 heavy (non-hydrogen) atoms. The maximum absolute atomic E-state index is 10.3. The number of hydrogen-bond donors (Lipinski definition) is 2. The Morgan fingerprint density at radius 1 is 1.25 bits per heavy atom. The molecule has 0 aliphatic heterocycles. The minimum atomic E-state index is -1.11. The standard InChI is InChI=1S/C7H6O3.Cu.Pb.2H/c8-6-4-2-1-3-5(6)7(9)10;;;;/h1-4,8H,(H,9,10);;;;. The molecule has 3 radical (unpaired) electrons. The van der Waals surface area contributed by atoms with E-state index in [1.165, 1.54) is 12.1 Å². The van der Waals surface area contributed by atoms with E-state index in [1.807, 2.05) is 0 Å². The molecule has 0 atom stereocenters. The molecule has 0 aliphatic carbocycles. The van der Waals surface area contributed by atoms with Gasteiger partial charge in [0.2, 0.25) is 0 Å². The first kappa shape index (κ1) is 14.5. The quantitative estimate of drug-likeness (QED) is 0.649. The molecule has 1 rings (SSSR count). The Hall–Kier alpha value is -0.0684. The van der Waals surface area contributed by atoms with Crippen LogP contribution in [0.2, 0.25) is 0 Å². The van der Waals surface area contributed by atoms with Crippen LogP contribution in [0.3, 0.4) is 0 Å². The Labute approximate surface area is 100 Å². The van der Waals surface area contributed by atoms with Gasteiger partial charge in [-0.15, -0.1) is 0 Å². The van der Waals surface area contributed by atoms with Crippen molar-refractivity contribution in [2.24, 2.45) is 0 Å². The molecule has 0 amide bonds. The zero-order valence-corrected chi connectivity index (χ0v) is 12.6. The van der Waals surface area contributed by atoms with Crippen LogP contribution in [0.4, 0.5) is 0 Å². The molecule has 0 fully saturated rings. The first-order valence-corrected chi connectivity index (χ1v) is 2.73. The number of rotatable bonds is 1. The number of carboxylic acids is 1. The Balaban J connectivity index is 0. The normalized spacial score (nSPS) is 7.67. The van der Waals surface area contributed by atoms with Crippen molar-refractivity contribution in [3.05, 3.63) is 29.8 Å². The molecule has 0 aliphatic rings. The van der Waals surface area contributed by atoms with Crippen LogP contribution in [0.25, 0.3) is 0 Å². The summed E-state index contributed by atoms with van der Waals surface area (Å²) >= 11 is 0. The van der Waals surface area contributed by atoms with Gasteiger partial charge >= 0.3 is 33.3 Å². The van der Waals surface area contributed by atoms with Crippen LogP contribution in [0.1, 0.15) is 10.4 Å². The number of phenols is 1. The van der Waals surface area contributed by atoms with Crippen LogP contribution >= 0.6 is 0 Å². The van der Waals surface area contributed by atoms with Crippen molar-refractivity contribution >= 4 is 33.3 Å². The molecule has 0 aromatic heterocycles. The summed E-state index contributed by atoms with van der Waals surface area (Å²) in [6.07, 6.45) is 0. The van der Waals surface area contributed by atoms with Gasteiger partial charge in [-0.2, -0.15) is 0 Å². The second kappa shape index (κ2) is 6.45. The van der Waals surface area contributed by atoms with Crippen molar-refractivity contribution in [2.45, 2.75) is 0 Å². The first-order valence-electron chi connectivity index (χ1n) is 2.73. The van der Waals surface area contributed by atoms with Gasteiger partial charge in [0, 0.05) is 17.1 Å². The third-order valence-electron chi connectivity index (χ3n) is 1.13. The number of carbonyl (C=O) groups is 1. The first-order chi connectivity index (χ1) is 4.72. The van der Waals surface area contributed by atoms with E-state index in [2.05, 4.69) is 0 Å². The van der Waals surface area contributed by atoms with E-state index in [1.54, 1.807) is 12.1 Å². The zero-order chi connectivity index (χ0) is 7.56. The van der Waals surface area contributed by atoms with E-state index in [0.717, 1.165) is 0 Å². The fraction of sp³-hybridized carbons (Fsp3) is 0. The number of benzene rings is 1. The number of aromatic carboxylic acids is 1. The zero-order valence-electron chi connectivity index (χ0n) is 6.12. The average Bonchev–Trinajstić information content (AvgIpc) is 1.88. The molecule has 0 saturated carbocycles. The van der Waals surface area contributed by atoms with E-state index in [0.29, 0.717) is 0 Å². The van der Waals surface area contributed by atoms with E-state index in [4.69, 9.17) is 10.2 Å². The summed E-state index contributed by atoms with van der Waals surface area (Å²) < 4.78 is 0. The van der Waals surface area contributed by atoms with Gasteiger partial charge in [-0.05, 0) is 12.1 Å². The van der Waals surface area contributed by atoms with Gasteiger partial charge in [0.1, 0.15) is 11.3 Å². The van der Waals surface area contributed by atoms with Gasteiger partial charge in [-0.3, -0.25) is 0 Å². The second-order valence-corrected chi connectivity index (χ2v) is 1.82. The van der Waals surface area contributed by atoms with Gasteiger partial charge in [-0.25, -0.2) is 4.79 Å². The van der Waals surface area contributed by atoms with Crippen LogP contribution in [-0.4, -0.2) is 43.5 Å². The van der Waals surface area contributed by atoms with Crippen molar-refractivity contribution in [3.8, 4) is 5.75 Å². The van der Waals surface area contributed by atoms with Gasteiger partial charge in [0.05, 0.1) is 0 Å². The Kier molecular flexibility index (Phi) is 7.77. The minimum absolute atomic E-state index is 0. The monoisotopic (exact) mass is 411 g/mol. The summed E-state index contributed by atoms with van der Waals surface area (Å²) in [6.45, 7) is 0. The van der Waals surface area contributed by atoms with Crippen LogP contribution in [-0.2, 0) is 17.1 Å². The number of carboxylic acid groups (broad SMARTS) is 1. The predicted molar refractivity (Wildman–Crippen MR) is 43.6 cm³/mol.